The fraction of sp³-hybridized carbons (Fsp3) is 0.500. The molecule has 1 saturated heterocycles. The number of carbonyl (C=O) groups is 1. The van der Waals surface area contributed by atoms with E-state index in [1.807, 2.05) is 13.0 Å². The highest BCUT2D eigenvalue weighted by atomic mass is 16.1. The van der Waals surface area contributed by atoms with Crippen molar-refractivity contribution in [3.63, 3.8) is 0 Å². The van der Waals surface area contributed by atoms with E-state index < -0.39 is 0 Å². The first-order valence-electron chi connectivity index (χ1n) is 5.97. The van der Waals surface area contributed by atoms with Gasteiger partial charge in [-0.2, -0.15) is 0 Å². The highest BCUT2D eigenvalue weighted by Gasteiger charge is 2.28. The summed E-state index contributed by atoms with van der Waals surface area (Å²) in [4.78, 5) is 14.0. The summed E-state index contributed by atoms with van der Waals surface area (Å²) in [7, 11) is 0. The zero-order valence-electron chi connectivity index (χ0n) is 10.0. The Morgan fingerprint density at radius 3 is 2.62 bits per heavy atom. The Morgan fingerprint density at radius 1 is 1.25 bits per heavy atom. The number of likely N-dealkylation sites (tertiary alicyclic amines) is 1. The van der Waals surface area contributed by atoms with Crippen LogP contribution < -0.4 is 0 Å². The van der Waals surface area contributed by atoms with E-state index in [0.717, 1.165) is 13.1 Å². The first-order valence-corrected chi connectivity index (χ1v) is 5.97. The minimum atomic E-state index is 0.194. The maximum atomic E-state index is 11.6. The van der Waals surface area contributed by atoms with Crippen LogP contribution in [-0.2, 0) is 11.3 Å². The number of piperidine rings is 1. The van der Waals surface area contributed by atoms with Crippen LogP contribution in [0.2, 0.25) is 0 Å². The zero-order chi connectivity index (χ0) is 11.5. The van der Waals surface area contributed by atoms with Gasteiger partial charge in [0.1, 0.15) is 5.78 Å². The molecular weight excluding hydrogens is 198 g/mol. The summed E-state index contributed by atoms with van der Waals surface area (Å²) in [5, 5.41) is 0. The number of Topliss-reactive ketones (excluding diaryl/α,β-unsaturated/α-hetero) is 1. The number of hydrogen-bond acceptors (Lipinski definition) is 2. The summed E-state index contributed by atoms with van der Waals surface area (Å²) < 4.78 is 0. The van der Waals surface area contributed by atoms with Gasteiger partial charge in [0.25, 0.3) is 0 Å². The van der Waals surface area contributed by atoms with Crippen LogP contribution in [0.4, 0.5) is 0 Å². The van der Waals surface area contributed by atoms with Crippen LogP contribution in [0.25, 0.3) is 0 Å². The third-order valence-corrected chi connectivity index (χ3v) is 3.41. The summed E-state index contributed by atoms with van der Waals surface area (Å²) >= 11 is 0. The highest BCUT2D eigenvalue weighted by Crippen LogP contribution is 2.20. The molecule has 0 amide bonds. The number of hydrogen-bond donors (Lipinski definition) is 0. The summed E-state index contributed by atoms with van der Waals surface area (Å²) in [5.41, 5.74) is 1.33. The second-order valence-electron chi connectivity index (χ2n) is 4.84. The molecular formula is C14H19NO. The normalized spacial score (nSPS) is 27.0. The van der Waals surface area contributed by atoms with E-state index in [1.54, 1.807) is 0 Å². The molecule has 16 heavy (non-hydrogen) atoms. The van der Waals surface area contributed by atoms with Gasteiger partial charge in [0.05, 0.1) is 0 Å². The largest absolute Gasteiger partial charge is 0.299 e. The van der Waals surface area contributed by atoms with Crippen molar-refractivity contribution in [3.8, 4) is 0 Å². The highest BCUT2D eigenvalue weighted by molar-refractivity contribution is 5.82. The van der Waals surface area contributed by atoms with Gasteiger partial charge in [-0.1, -0.05) is 37.3 Å². The Morgan fingerprint density at radius 2 is 1.94 bits per heavy atom. The number of benzene rings is 1. The Bertz CT molecular complexity index is 360. The maximum absolute atomic E-state index is 11.6. The molecule has 2 nitrogen and oxygen atoms in total. The molecule has 0 aliphatic carbocycles. The predicted molar refractivity (Wildman–Crippen MR) is 65.1 cm³/mol. The molecule has 1 aromatic carbocycles. The van der Waals surface area contributed by atoms with Crippen molar-refractivity contribution in [2.24, 2.45) is 5.92 Å². The van der Waals surface area contributed by atoms with Crippen LogP contribution in [0.15, 0.2) is 30.3 Å². The molecule has 0 saturated carbocycles. The Hall–Kier alpha value is -1.15. The van der Waals surface area contributed by atoms with E-state index in [0.29, 0.717) is 18.2 Å². The van der Waals surface area contributed by atoms with Gasteiger partial charge >= 0.3 is 0 Å². The van der Waals surface area contributed by atoms with Gasteiger partial charge in [-0.25, -0.2) is 0 Å². The van der Waals surface area contributed by atoms with Gasteiger partial charge in [0, 0.05) is 31.5 Å². The second kappa shape index (κ2) is 4.79. The van der Waals surface area contributed by atoms with Gasteiger partial charge in [0.15, 0.2) is 0 Å². The Balaban J connectivity index is 2.02. The minimum absolute atomic E-state index is 0.194. The van der Waals surface area contributed by atoms with Crippen molar-refractivity contribution >= 4 is 5.78 Å². The third kappa shape index (κ3) is 2.50. The molecule has 0 spiro atoms. The molecule has 1 aromatic rings. The number of rotatable bonds is 2. The lowest BCUT2D eigenvalue weighted by Gasteiger charge is -2.35. The number of nitrogens with zero attached hydrogens (tertiary/aromatic N) is 1. The van der Waals surface area contributed by atoms with Gasteiger partial charge in [-0.15, -0.1) is 0 Å². The second-order valence-corrected chi connectivity index (χ2v) is 4.84. The monoisotopic (exact) mass is 217 g/mol. The minimum Gasteiger partial charge on any atom is -0.299 e. The van der Waals surface area contributed by atoms with Gasteiger partial charge in [-0.3, -0.25) is 9.69 Å². The molecule has 1 heterocycles. The van der Waals surface area contributed by atoms with Crippen LogP contribution in [-0.4, -0.2) is 23.3 Å². The first-order chi connectivity index (χ1) is 7.66. The predicted octanol–water partition coefficient (Wildman–Crippen LogP) is 2.49. The van der Waals surface area contributed by atoms with E-state index in [9.17, 15) is 4.79 Å². The fourth-order valence-corrected chi connectivity index (χ4v) is 2.29. The van der Waals surface area contributed by atoms with Crippen molar-refractivity contribution in [2.45, 2.75) is 32.9 Å². The lowest BCUT2D eigenvalue weighted by molar-refractivity contribution is -0.127. The van der Waals surface area contributed by atoms with Crippen molar-refractivity contribution in [1.82, 2.24) is 4.90 Å². The average molecular weight is 217 g/mol. The van der Waals surface area contributed by atoms with E-state index in [2.05, 4.69) is 36.1 Å². The maximum Gasteiger partial charge on any atom is 0.138 e. The van der Waals surface area contributed by atoms with Crippen molar-refractivity contribution < 1.29 is 4.79 Å². The summed E-state index contributed by atoms with van der Waals surface area (Å²) in [6.07, 6.45) is 0.702. The number of carbonyl (C=O) groups excluding carboxylic acids is 1. The molecule has 0 radical (unpaired) electrons. The molecule has 2 heteroatoms. The van der Waals surface area contributed by atoms with Crippen molar-refractivity contribution in [1.29, 1.82) is 0 Å². The quantitative estimate of drug-likeness (QED) is 0.758. The molecule has 0 aromatic heterocycles. The van der Waals surface area contributed by atoms with Gasteiger partial charge in [-0.05, 0) is 12.5 Å². The topological polar surface area (TPSA) is 20.3 Å². The van der Waals surface area contributed by atoms with E-state index in [4.69, 9.17) is 0 Å². The van der Waals surface area contributed by atoms with Crippen LogP contribution in [0.5, 0.6) is 0 Å². The van der Waals surface area contributed by atoms with Gasteiger partial charge < -0.3 is 0 Å². The molecule has 2 unspecified atom stereocenters. The molecule has 2 rings (SSSR count). The fourth-order valence-electron chi connectivity index (χ4n) is 2.29. The SMILES string of the molecule is CC1CN(Cc2ccccc2)C(C)CC1=O. The van der Waals surface area contributed by atoms with Crippen molar-refractivity contribution in [3.05, 3.63) is 35.9 Å². The van der Waals surface area contributed by atoms with Gasteiger partial charge in [0.2, 0.25) is 0 Å². The molecule has 86 valence electrons. The average Bonchev–Trinajstić information content (AvgIpc) is 2.27. The summed E-state index contributed by atoms with van der Waals surface area (Å²) in [5.74, 6) is 0.608. The molecule has 0 bridgehead atoms. The molecule has 1 aliphatic heterocycles. The summed E-state index contributed by atoms with van der Waals surface area (Å²) in [6.45, 7) is 6.04. The van der Waals surface area contributed by atoms with E-state index in [1.165, 1.54) is 5.56 Å². The first kappa shape index (κ1) is 11.3. The van der Waals surface area contributed by atoms with Crippen molar-refractivity contribution in [2.75, 3.05) is 6.54 Å². The number of ketones is 1. The lowest BCUT2D eigenvalue weighted by Crippen LogP contribution is -2.44. The van der Waals surface area contributed by atoms with E-state index >= 15 is 0 Å². The third-order valence-electron chi connectivity index (χ3n) is 3.41. The lowest BCUT2D eigenvalue weighted by atomic mass is 9.93. The summed E-state index contributed by atoms with van der Waals surface area (Å²) in [6, 6.07) is 10.8. The van der Waals surface area contributed by atoms with Crippen LogP contribution in [0, 0.1) is 5.92 Å². The van der Waals surface area contributed by atoms with Crippen LogP contribution in [0.1, 0.15) is 25.8 Å². The molecule has 2 atom stereocenters. The zero-order valence-corrected chi connectivity index (χ0v) is 10.0. The van der Waals surface area contributed by atoms with Crippen LogP contribution in [0.3, 0.4) is 0 Å². The Labute approximate surface area is 97.3 Å². The standard InChI is InChI=1S/C14H19NO/c1-11-9-15(12(2)8-14(11)16)10-13-6-4-3-5-7-13/h3-7,11-12H,8-10H2,1-2H3. The molecule has 0 N–H and O–H groups in total. The molecule has 1 aliphatic rings. The smallest absolute Gasteiger partial charge is 0.138 e. The Kier molecular flexibility index (Phi) is 3.39. The molecule has 1 fully saturated rings. The van der Waals surface area contributed by atoms with Crippen LogP contribution >= 0.6 is 0 Å². The van der Waals surface area contributed by atoms with E-state index in [-0.39, 0.29) is 5.92 Å².